The molecule has 0 saturated carbocycles. The van der Waals surface area contributed by atoms with Gasteiger partial charge in [0.25, 0.3) is 0 Å². The van der Waals surface area contributed by atoms with Crippen LogP contribution >= 0.6 is 0 Å². The summed E-state index contributed by atoms with van der Waals surface area (Å²) < 4.78 is 5.47. The van der Waals surface area contributed by atoms with Gasteiger partial charge in [-0.05, 0) is 19.1 Å². The monoisotopic (exact) mass is 202 g/mol. The first-order valence-electron chi connectivity index (χ1n) is 4.54. The van der Waals surface area contributed by atoms with E-state index in [2.05, 4.69) is 10.2 Å². The number of aromatic amines is 1. The molecule has 4 heteroatoms. The molecule has 0 radical (unpaired) electrons. The fourth-order valence-corrected chi connectivity index (χ4v) is 1.24. The molecule has 15 heavy (non-hydrogen) atoms. The molecule has 0 bridgehead atoms. The first-order valence-corrected chi connectivity index (χ1v) is 4.54. The van der Waals surface area contributed by atoms with Crippen molar-refractivity contribution < 1.29 is 9.53 Å². The molecular formula is C11H10N2O2. The van der Waals surface area contributed by atoms with Crippen molar-refractivity contribution in [1.82, 2.24) is 10.2 Å². The number of hydrogen-bond donors (Lipinski definition) is 1. The Bertz CT molecular complexity index is 463. The molecule has 0 atom stereocenters. The molecule has 2 aromatic rings. The van der Waals surface area contributed by atoms with Crippen LogP contribution in [-0.2, 0) is 0 Å². The summed E-state index contributed by atoms with van der Waals surface area (Å²) in [6.07, 6.45) is 0.733. The van der Waals surface area contributed by atoms with Crippen LogP contribution in [0.3, 0.4) is 0 Å². The Kier molecular flexibility index (Phi) is 2.49. The highest BCUT2D eigenvalue weighted by molar-refractivity contribution is 5.80. The van der Waals surface area contributed by atoms with Gasteiger partial charge in [0.15, 0.2) is 6.29 Å². The van der Waals surface area contributed by atoms with Crippen LogP contribution in [0.15, 0.2) is 30.3 Å². The SMILES string of the molecule is Cc1n[nH]c(Oc2ccccc2)c1C=O. The van der Waals surface area contributed by atoms with Crippen LogP contribution < -0.4 is 4.74 Å². The maximum Gasteiger partial charge on any atom is 0.226 e. The summed E-state index contributed by atoms with van der Waals surface area (Å²) in [5.41, 5.74) is 1.09. The lowest BCUT2D eigenvalue weighted by Crippen LogP contribution is -1.88. The number of nitrogens with zero attached hydrogens (tertiary/aromatic N) is 1. The fourth-order valence-electron chi connectivity index (χ4n) is 1.24. The van der Waals surface area contributed by atoms with E-state index in [0.29, 0.717) is 22.9 Å². The van der Waals surface area contributed by atoms with Crippen molar-refractivity contribution in [1.29, 1.82) is 0 Å². The number of rotatable bonds is 3. The van der Waals surface area contributed by atoms with Gasteiger partial charge in [0.1, 0.15) is 5.75 Å². The Morgan fingerprint density at radius 2 is 2.07 bits per heavy atom. The van der Waals surface area contributed by atoms with Gasteiger partial charge >= 0.3 is 0 Å². The predicted molar refractivity (Wildman–Crippen MR) is 55.2 cm³/mol. The number of H-pyrrole nitrogens is 1. The van der Waals surface area contributed by atoms with Gasteiger partial charge in [0.2, 0.25) is 5.88 Å². The molecule has 1 heterocycles. The summed E-state index contributed by atoms with van der Waals surface area (Å²) >= 11 is 0. The minimum atomic E-state index is 0.383. The standard InChI is InChI=1S/C11H10N2O2/c1-8-10(7-14)11(13-12-8)15-9-5-3-2-4-6-9/h2-7H,1H3,(H,12,13). The number of aldehydes is 1. The molecule has 0 aliphatic carbocycles. The van der Waals surface area contributed by atoms with Gasteiger partial charge in [-0.25, -0.2) is 5.10 Å². The van der Waals surface area contributed by atoms with E-state index in [1.54, 1.807) is 6.92 Å². The van der Waals surface area contributed by atoms with E-state index in [9.17, 15) is 4.79 Å². The van der Waals surface area contributed by atoms with Crippen LogP contribution in [0.2, 0.25) is 0 Å². The number of benzene rings is 1. The van der Waals surface area contributed by atoms with E-state index in [4.69, 9.17) is 4.74 Å². The maximum atomic E-state index is 10.8. The predicted octanol–water partition coefficient (Wildman–Crippen LogP) is 2.32. The van der Waals surface area contributed by atoms with Gasteiger partial charge in [-0.15, -0.1) is 0 Å². The zero-order valence-corrected chi connectivity index (χ0v) is 8.23. The van der Waals surface area contributed by atoms with Crippen molar-refractivity contribution >= 4 is 6.29 Å². The molecule has 1 aromatic heterocycles. The van der Waals surface area contributed by atoms with Crippen LogP contribution in [0.4, 0.5) is 0 Å². The lowest BCUT2D eigenvalue weighted by atomic mass is 10.3. The van der Waals surface area contributed by atoms with Crippen molar-refractivity contribution in [2.75, 3.05) is 0 Å². The Morgan fingerprint density at radius 3 is 2.73 bits per heavy atom. The zero-order chi connectivity index (χ0) is 10.7. The molecule has 76 valence electrons. The second-order valence-electron chi connectivity index (χ2n) is 3.08. The number of carbonyl (C=O) groups is 1. The van der Waals surface area contributed by atoms with Gasteiger partial charge in [0.05, 0.1) is 11.3 Å². The lowest BCUT2D eigenvalue weighted by molar-refractivity contribution is 0.112. The van der Waals surface area contributed by atoms with E-state index in [1.807, 2.05) is 30.3 Å². The summed E-state index contributed by atoms with van der Waals surface area (Å²) in [5.74, 6) is 1.05. The molecule has 4 nitrogen and oxygen atoms in total. The van der Waals surface area contributed by atoms with E-state index in [1.165, 1.54) is 0 Å². The van der Waals surface area contributed by atoms with Crippen LogP contribution in [0.5, 0.6) is 11.6 Å². The fraction of sp³-hybridized carbons (Fsp3) is 0.0909. The summed E-state index contributed by atoms with van der Waals surface area (Å²) in [5, 5.41) is 6.57. The van der Waals surface area contributed by atoms with Crippen molar-refractivity contribution in [2.45, 2.75) is 6.92 Å². The molecule has 0 spiro atoms. The number of aromatic nitrogens is 2. The van der Waals surface area contributed by atoms with Gasteiger partial charge in [-0.3, -0.25) is 4.79 Å². The molecule has 0 amide bonds. The minimum Gasteiger partial charge on any atom is -0.439 e. The average Bonchev–Trinajstić information content (AvgIpc) is 2.61. The summed E-state index contributed by atoms with van der Waals surface area (Å²) in [6.45, 7) is 1.75. The van der Waals surface area contributed by atoms with E-state index in [0.717, 1.165) is 6.29 Å². The molecule has 0 aliphatic rings. The van der Waals surface area contributed by atoms with Crippen molar-refractivity contribution in [3.05, 3.63) is 41.6 Å². The molecular weight excluding hydrogens is 192 g/mol. The van der Waals surface area contributed by atoms with Gasteiger partial charge in [0, 0.05) is 0 Å². The van der Waals surface area contributed by atoms with Crippen LogP contribution in [0.1, 0.15) is 16.1 Å². The number of ether oxygens (including phenoxy) is 1. The first-order chi connectivity index (χ1) is 7.31. The summed E-state index contributed by atoms with van der Waals surface area (Å²) in [4.78, 5) is 10.8. The van der Waals surface area contributed by atoms with Crippen LogP contribution in [-0.4, -0.2) is 16.5 Å². The van der Waals surface area contributed by atoms with Crippen molar-refractivity contribution in [2.24, 2.45) is 0 Å². The van der Waals surface area contributed by atoms with E-state index in [-0.39, 0.29) is 0 Å². The normalized spacial score (nSPS) is 9.93. The third kappa shape index (κ3) is 1.88. The van der Waals surface area contributed by atoms with Gasteiger partial charge in [-0.2, -0.15) is 5.10 Å². The van der Waals surface area contributed by atoms with Gasteiger partial charge in [-0.1, -0.05) is 18.2 Å². The Hall–Kier alpha value is -2.10. The molecule has 0 fully saturated rings. The third-order valence-corrected chi connectivity index (χ3v) is 2.04. The number of nitrogens with one attached hydrogen (secondary N) is 1. The number of hydrogen-bond acceptors (Lipinski definition) is 3. The second-order valence-corrected chi connectivity index (χ2v) is 3.08. The van der Waals surface area contributed by atoms with Crippen LogP contribution in [0, 0.1) is 6.92 Å². The topological polar surface area (TPSA) is 55.0 Å². The zero-order valence-electron chi connectivity index (χ0n) is 8.23. The molecule has 1 N–H and O–H groups in total. The first kappa shape index (κ1) is 9.45. The van der Waals surface area contributed by atoms with Crippen LogP contribution in [0.25, 0.3) is 0 Å². The van der Waals surface area contributed by atoms with Gasteiger partial charge < -0.3 is 4.74 Å². The number of carbonyl (C=O) groups excluding carboxylic acids is 1. The average molecular weight is 202 g/mol. The molecule has 1 aromatic carbocycles. The maximum absolute atomic E-state index is 10.8. The second kappa shape index (κ2) is 3.96. The highest BCUT2D eigenvalue weighted by atomic mass is 16.5. The Balaban J connectivity index is 2.28. The highest BCUT2D eigenvalue weighted by Crippen LogP contribution is 2.22. The molecule has 2 rings (SSSR count). The van der Waals surface area contributed by atoms with E-state index < -0.39 is 0 Å². The molecule has 0 saturated heterocycles. The number of aryl methyl sites for hydroxylation is 1. The smallest absolute Gasteiger partial charge is 0.226 e. The molecule has 0 aliphatic heterocycles. The Labute approximate surface area is 86.9 Å². The highest BCUT2D eigenvalue weighted by Gasteiger charge is 2.10. The minimum absolute atomic E-state index is 0.383. The molecule has 0 unspecified atom stereocenters. The number of para-hydroxylation sites is 1. The van der Waals surface area contributed by atoms with Crippen molar-refractivity contribution in [3.8, 4) is 11.6 Å². The Morgan fingerprint density at radius 1 is 1.33 bits per heavy atom. The summed E-state index contributed by atoms with van der Waals surface area (Å²) in [6, 6.07) is 9.24. The third-order valence-electron chi connectivity index (χ3n) is 2.04. The summed E-state index contributed by atoms with van der Waals surface area (Å²) in [7, 11) is 0. The lowest BCUT2D eigenvalue weighted by Gasteiger charge is -2.02. The van der Waals surface area contributed by atoms with E-state index >= 15 is 0 Å². The quantitative estimate of drug-likeness (QED) is 0.777. The van der Waals surface area contributed by atoms with Crippen molar-refractivity contribution in [3.63, 3.8) is 0 Å². The largest absolute Gasteiger partial charge is 0.439 e.